The molecule has 0 aliphatic heterocycles. The highest BCUT2D eigenvalue weighted by atomic mass is 79.9. The quantitative estimate of drug-likeness (QED) is 0.619. The lowest BCUT2D eigenvalue weighted by Crippen LogP contribution is -1.93. The van der Waals surface area contributed by atoms with Crippen LogP contribution in [0.4, 0.5) is 0 Å². The lowest BCUT2D eigenvalue weighted by Gasteiger charge is -2.03. The molecule has 19 heavy (non-hydrogen) atoms. The fraction of sp³-hybridized carbons (Fsp3) is 0.0625. The van der Waals surface area contributed by atoms with Crippen LogP contribution in [0, 0.1) is 0 Å². The van der Waals surface area contributed by atoms with Gasteiger partial charge in [0.05, 0.1) is 7.11 Å². The van der Waals surface area contributed by atoms with Crippen molar-refractivity contribution < 1.29 is 9.53 Å². The van der Waals surface area contributed by atoms with Gasteiger partial charge in [-0.05, 0) is 42.5 Å². The standard InChI is InChI=1S/C16H13BrO2/c1-19-16-5-3-2-4-13(16)8-11-15(18)12-6-9-14(17)10-7-12/h2-11H,1H3/b11-8-. The minimum absolute atomic E-state index is 0.0293. The molecule has 0 atom stereocenters. The average molecular weight is 317 g/mol. The maximum Gasteiger partial charge on any atom is 0.185 e. The molecule has 3 heteroatoms. The first-order chi connectivity index (χ1) is 9.20. The number of para-hydroxylation sites is 1. The predicted octanol–water partition coefficient (Wildman–Crippen LogP) is 4.35. The van der Waals surface area contributed by atoms with Gasteiger partial charge in [-0.15, -0.1) is 0 Å². The Hall–Kier alpha value is -1.87. The van der Waals surface area contributed by atoms with Gasteiger partial charge in [-0.2, -0.15) is 0 Å². The normalized spacial score (nSPS) is 10.6. The van der Waals surface area contributed by atoms with Crippen LogP contribution in [0.3, 0.4) is 0 Å². The minimum atomic E-state index is -0.0293. The molecule has 0 spiro atoms. The maximum absolute atomic E-state index is 12.0. The number of methoxy groups -OCH3 is 1. The Labute approximate surface area is 120 Å². The number of halogens is 1. The number of ketones is 1. The van der Waals surface area contributed by atoms with Gasteiger partial charge in [-0.3, -0.25) is 4.79 Å². The number of carbonyl (C=O) groups is 1. The van der Waals surface area contributed by atoms with E-state index in [1.807, 2.05) is 36.4 Å². The lowest BCUT2D eigenvalue weighted by atomic mass is 10.1. The van der Waals surface area contributed by atoms with Gasteiger partial charge in [-0.25, -0.2) is 0 Å². The Bertz CT molecular complexity index is 600. The Morgan fingerprint density at radius 2 is 1.79 bits per heavy atom. The second kappa shape index (κ2) is 6.34. The van der Waals surface area contributed by atoms with E-state index < -0.39 is 0 Å². The van der Waals surface area contributed by atoms with Crippen LogP contribution in [0.25, 0.3) is 6.08 Å². The van der Waals surface area contributed by atoms with Gasteiger partial charge < -0.3 is 4.74 Å². The summed E-state index contributed by atoms with van der Waals surface area (Å²) < 4.78 is 6.19. The molecule has 0 saturated carbocycles. The van der Waals surface area contributed by atoms with Crippen molar-refractivity contribution in [1.29, 1.82) is 0 Å². The van der Waals surface area contributed by atoms with E-state index in [2.05, 4.69) is 15.9 Å². The number of carbonyl (C=O) groups excluding carboxylic acids is 1. The molecule has 0 bridgehead atoms. The van der Waals surface area contributed by atoms with E-state index in [-0.39, 0.29) is 5.78 Å². The van der Waals surface area contributed by atoms with Crippen molar-refractivity contribution >= 4 is 27.8 Å². The van der Waals surface area contributed by atoms with Crippen LogP contribution in [0.1, 0.15) is 15.9 Å². The Balaban J connectivity index is 2.18. The topological polar surface area (TPSA) is 26.3 Å². The largest absolute Gasteiger partial charge is 0.496 e. The molecule has 2 aromatic carbocycles. The zero-order chi connectivity index (χ0) is 13.7. The predicted molar refractivity (Wildman–Crippen MR) is 80.5 cm³/mol. The smallest absolute Gasteiger partial charge is 0.185 e. The van der Waals surface area contributed by atoms with Crippen LogP contribution in [0.2, 0.25) is 0 Å². The Kier molecular flexibility index (Phi) is 4.53. The van der Waals surface area contributed by atoms with E-state index in [0.29, 0.717) is 5.56 Å². The molecule has 0 N–H and O–H groups in total. The zero-order valence-corrected chi connectivity index (χ0v) is 12.1. The van der Waals surface area contributed by atoms with E-state index in [1.54, 1.807) is 31.4 Å². The van der Waals surface area contributed by atoms with E-state index in [4.69, 9.17) is 4.74 Å². The fourth-order valence-corrected chi connectivity index (χ4v) is 1.94. The summed E-state index contributed by atoms with van der Waals surface area (Å²) in [6.07, 6.45) is 3.32. The molecular formula is C16H13BrO2. The lowest BCUT2D eigenvalue weighted by molar-refractivity contribution is 0.104. The molecule has 0 amide bonds. The van der Waals surface area contributed by atoms with Gasteiger partial charge in [0.1, 0.15) is 5.75 Å². The molecule has 0 saturated heterocycles. The molecule has 0 aliphatic carbocycles. The van der Waals surface area contributed by atoms with Crippen molar-refractivity contribution in [3.05, 3.63) is 70.2 Å². The molecule has 0 aliphatic rings. The van der Waals surface area contributed by atoms with E-state index in [0.717, 1.165) is 15.8 Å². The highest BCUT2D eigenvalue weighted by Crippen LogP contribution is 2.19. The number of hydrogen-bond acceptors (Lipinski definition) is 2. The first kappa shape index (κ1) is 13.6. The molecule has 0 unspecified atom stereocenters. The maximum atomic E-state index is 12.0. The summed E-state index contributed by atoms with van der Waals surface area (Å²) >= 11 is 3.34. The Morgan fingerprint density at radius 3 is 2.47 bits per heavy atom. The van der Waals surface area contributed by atoms with Gasteiger partial charge >= 0.3 is 0 Å². The van der Waals surface area contributed by atoms with Crippen molar-refractivity contribution in [3.63, 3.8) is 0 Å². The summed E-state index contributed by atoms with van der Waals surface area (Å²) in [6, 6.07) is 14.9. The molecule has 2 nitrogen and oxygen atoms in total. The van der Waals surface area contributed by atoms with Crippen molar-refractivity contribution in [2.45, 2.75) is 0 Å². The van der Waals surface area contributed by atoms with Crippen molar-refractivity contribution in [1.82, 2.24) is 0 Å². The first-order valence-corrected chi connectivity index (χ1v) is 6.61. The monoisotopic (exact) mass is 316 g/mol. The minimum Gasteiger partial charge on any atom is -0.496 e. The van der Waals surface area contributed by atoms with Crippen LogP contribution in [-0.2, 0) is 0 Å². The third kappa shape index (κ3) is 3.55. The summed E-state index contributed by atoms with van der Waals surface area (Å²) in [5.74, 6) is 0.723. The first-order valence-electron chi connectivity index (χ1n) is 5.81. The second-order valence-electron chi connectivity index (χ2n) is 3.95. The van der Waals surface area contributed by atoms with Gasteiger partial charge in [0.15, 0.2) is 5.78 Å². The number of ether oxygens (including phenoxy) is 1. The van der Waals surface area contributed by atoms with Crippen LogP contribution in [-0.4, -0.2) is 12.9 Å². The molecular weight excluding hydrogens is 304 g/mol. The van der Waals surface area contributed by atoms with Crippen LogP contribution in [0.15, 0.2) is 59.1 Å². The van der Waals surface area contributed by atoms with Gasteiger partial charge in [0, 0.05) is 15.6 Å². The van der Waals surface area contributed by atoms with Crippen LogP contribution >= 0.6 is 15.9 Å². The molecule has 0 heterocycles. The highest BCUT2D eigenvalue weighted by molar-refractivity contribution is 9.10. The second-order valence-corrected chi connectivity index (χ2v) is 4.86. The van der Waals surface area contributed by atoms with E-state index in [9.17, 15) is 4.79 Å². The van der Waals surface area contributed by atoms with Gasteiger partial charge in [-0.1, -0.05) is 34.1 Å². The summed E-state index contributed by atoms with van der Waals surface area (Å²) in [5.41, 5.74) is 1.55. The summed E-state index contributed by atoms with van der Waals surface area (Å²) in [6.45, 7) is 0. The van der Waals surface area contributed by atoms with E-state index >= 15 is 0 Å². The molecule has 96 valence electrons. The zero-order valence-electron chi connectivity index (χ0n) is 10.5. The number of allylic oxidation sites excluding steroid dienone is 1. The third-order valence-corrected chi connectivity index (χ3v) is 3.21. The fourth-order valence-electron chi connectivity index (χ4n) is 1.68. The SMILES string of the molecule is COc1ccccc1/C=C\C(=O)c1ccc(Br)cc1. The average Bonchev–Trinajstić information content (AvgIpc) is 2.45. The highest BCUT2D eigenvalue weighted by Gasteiger charge is 2.02. The van der Waals surface area contributed by atoms with Gasteiger partial charge in [0.2, 0.25) is 0 Å². The van der Waals surface area contributed by atoms with Gasteiger partial charge in [0.25, 0.3) is 0 Å². The summed E-state index contributed by atoms with van der Waals surface area (Å²) in [4.78, 5) is 12.0. The van der Waals surface area contributed by atoms with Crippen LogP contribution < -0.4 is 4.74 Å². The molecule has 0 aromatic heterocycles. The van der Waals surface area contributed by atoms with E-state index in [1.165, 1.54) is 0 Å². The molecule has 2 rings (SSSR count). The van der Waals surface area contributed by atoms with Crippen molar-refractivity contribution in [3.8, 4) is 5.75 Å². The number of benzene rings is 2. The number of rotatable bonds is 4. The molecule has 2 aromatic rings. The van der Waals surface area contributed by atoms with Crippen molar-refractivity contribution in [2.75, 3.05) is 7.11 Å². The van der Waals surface area contributed by atoms with Crippen molar-refractivity contribution in [2.24, 2.45) is 0 Å². The molecule has 0 fully saturated rings. The summed E-state index contributed by atoms with van der Waals surface area (Å²) in [5, 5.41) is 0. The Morgan fingerprint density at radius 1 is 1.11 bits per heavy atom. The molecule has 0 radical (unpaired) electrons. The summed E-state index contributed by atoms with van der Waals surface area (Å²) in [7, 11) is 1.61. The number of hydrogen-bond donors (Lipinski definition) is 0. The third-order valence-electron chi connectivity index (χ3n) is 2.68. The van der Waals surface area contributed by atoms with Crippen LogP contribution in [0.5, 0.6) is 5.75 Å².